The molecule has 1 heterocycles. The maximum absolute atomic E-state index is 8.61. The van der Waals surface area contributed by atoms with E-state index in [0.29, 0.717) is 0 Å². The summed E-state index contributed by atoms with van der Waals surface area (Å²) in [7, 11) is 2.02. The molecule has 1 aromatic rings. The monoisotopic (exact) mass is 331 g/mol. The highest BCUT2D eigenvalue weighted by molar-refractivity contribution is 5.70. The Morgan fingerprint density at radius 1 is 1.38 bits per heavy atom. The van der Waals surface area contributed by atoms with Crippen molar-refractivity contribution in [3.05, 3.63) is 42.7 Å². The van der Waals surface area contributed by atoms with Crippen LogP contribution in [0.4, 0.5) is 5.69 Å². The Labute approximate surface area is 112 Å². The number of oxime groups is 1. The van der Waals surface area contributed by atoms with Crippen molar-refractivity contribution in [3.63, 3.8) is 0 Å². The molecule has 0 bridgehead atoms. The smallest absolute Gasteiger partial charge is 0.211 e. The lowest BCUT2D eigenvalue weighted by Gasteiger charge is -2.22. The summed E-state index contributed by atoms with van der Waals surface area (Å²) in [6.45, 7) is 0. The van der Waals surface area contributed by atoms with Crippen molar-refractivity contribution in [1.29, 1.82) is 0 Å². The lowest BCUT2D eigenvalue weighted by molar-refractivity contribution is -0.833. The van der Waals surface area contributed by atoms with Gasteiger partial charge in [-0.05, 0) is 12.1 Å². The van der Waals surface area contributed by atoms with Crippen molar-refractivity contribution in [3.8, 4) is 0 Å². The maximum Gasteiger partial charge on any atom is 0.211 e. The molecule has 1 aliphatic rings. The summed E-state index contributed by atoms with van der Waals surface area (Å²) < 4.78 is 0. The molecule has 2 N–H and O–H groups in total. The first-order valence-electron chi connectivity index (χ1n) is 4.85. The largest absolute Gasteiger partial charge is 1.00 e. The van der Waals surface area contributed by atoms with Gasteiger partial charge in [-0.15, -0.1) is 0 Å². The zero-order valence-corrected chi connectivity index (χ0v) is 11.1. The zero-order valence-electron chi connectivity index (χ0n) is 8.92. The molecular formula is C11H14IN3O. The highest BCUT2D eigenvalue weighted by Gasteiger charge is 2.27. The van der Waals surface area contributed by atoms with Crippen molar-refractivity contribution in [2.24, 2.45) is 5.16 Å². The highest BCUT2D eigenvalue weighted by Crippen LogP contribution is 2.15. The number of hydrogen-bond donors (Lipinski definition) is 2. The molecule has 0 radical (unpaired) electrons. The van der Waals surface area contributed by atoms with Gasteiger partial charge < -0.3 is 29.2 Å². The second kappa shape index (κ2) is 5.86. The van der Waals surface area contributed by atoms with E-state index in [0.717, 1.165) is 10.6 Å². The molecule has 0 aromatic heterocycles. The standard InChI is InChI=1S/C11H13N3O.HI/c1-13-7-8-14(11(13)9-12-15)10-5-3-2-4-6-10;/h2-9,11,15H,1H3;1H. The Bertz CT molecular complexity index is 380. The number of nitrogens with one attached hydrogen (secondary N) is 1. The summed E-state index contributed by atoms with van der Waals surface area (Å²) in [5.41, 5.74) is 1.09. The zero-order chi connectivity index (χ0) is 10.7. The molecule has 86 valence electrons. The van der Waals surface area contributed by atoms with Gasteiger partial charge in [-0.1, -0.05) is 23.4 Å². The van der Waals surface area contributed by atoms with Gasteiger partial charge in [0.05, 0.1) is 13.2 Å². The van der Waals surface area contributed by atoms with Gasteiger partial charge in [-0.3, -0.25) is 9.80 Å². The Balaban J connectivity index is 0.00000128. The molecule has 5 heteroatoms. The average Bonchev–Trinajstić information content (AvgIpc) is 2.63. The number of nitrogens with zero attached hydrogens (tertiary/aromatic N) is 2. The van der Waals surface area contributed by atoms with E-state index < -0.39 is 0 Å². The van der Waals surface area contributed by atoms with Crippen LogP contribution in [-0.4, -0.2) is 24.6 Å². The van der Waals surface area contributed by atoms with Crippen LogP contribution in [0.25, 0.3) is 0 Å². The number of benzene rings is 1. The summed E-state index contributed by atoms with van der Waals surface area (Å²) in [5.74, 6) is 0. The van der Waals surface area contributed by atoms with Gasteiger partial charge in [0.15, 0.2) is 0 Å². The minimum atomic E-state index is 0. The summed E-state index contributed by atoms with van der Waals surface area (Å²) in [6.07, 6.45) is 5.58. The maximum atomic E-state index is 8.61. The summed E-state index contributed by atoms with van der Waals surface area (Å²) in [5, 5.41) is 11.7. The van der Waals surface area contributed by atoms with Crippen molar-refractivity contribution in [1.82, 2.24) is 0 Å². The van der Waals surface area contributed by atoms with Crippen molar-refractivity contribution in [2.75, 3.05) is 11.9 Å². The van der Waals surface area contributed by atoms with Gasteiger partial charge in [0.25, 0.3) is 0 Å². The van der Waals surface area contributed by atoms with Crippen LogP contribution >= 0.6 is 0 Å². The predicted octanol–water partition coefficient (Wildman–Crippen LogP) is -2.72. The molecule has 0 amide bonds. The van der Waals surface area contributed by atoms with Gasteiger partial charge >= 0.3 is 0 Å². The second-order valence-corrected chi connectivity index (χ2v) is 3.51. The fourth-order valence-corrected chi connectivity index (χ4v) is 1.71. The quantitative estimate of drug-likeness (QED) is 0.268. The predicted molar refractivity (Wildman–Crippen MR) is 59.0 cm³/mol. The van der Waals surface area contributed by atoms with E-state index in [1.807, 2.05) is 49.8 Å². The molecule has 2 atom stereocenters. The fraction of sp³-hybridized carbons (Fsp3) is 0.182. The van der Waals surface area contributed by atoms with Crippen LogP contribution in [0.15, 0.2) is 47.9 Å². The molecule has 0 fully saturated rings. The molecule has 0 saturated carbocycles. The fourth-order valence-electron chi connectivity index (χ4n) is 1.71. The molecule has 4 nitrogen and oxygen atoms in total. The normalized spacial score (nSPS) is 23.7. The number of rotatable bonds is 2. The Kier molecular flexibility index (Phi) is 4.75. The minimum absolute atomic E-state index is 0. The summed E-state index contributed by atoms with van der Waals surface area (Å²) >= 11 is 0. The van der Waals surface area contributed by atoms with Gasteiger partial charge in [0, 0.05) is 5.69 Å². The van der Waals surface area contributed by atoms with E-state index in [4.69, 9.17) is 5.21 Å². The van der Waals surface area contributed by atoms with Crippen molar-refractivity contribution in [2.45, 2.75) is 6.17 Å². The van der Waals surface area contributed by atoms with Crippen LogP contribution in [0.1, 0.15) is 0 Å². The SMILES string of the molecule is C[NH+]1C=CN(c2ccccc2)C1C=NO.[I-]. The molecule has 2 rings (SSSR count). The Morgan fingerprint density at radius 2 is 2.06 bits per heavy atom. The van der Waals surface area contributed by atoms with E-state index >= 15 is 0 Å². The molecule has 0 aliphatic carbocycles. The third-order valence-corrected chi connectivity index (χ3v) is 2.53. The van der Waals surface area contributed by atoms with E-state index in [9.17, 15) is 0 Å². The minimum Gasteiger partial charge on any atom is -1.00 e. The number of anilines is 1. The van der Waals surface area contributed by atoms with E-state index in [1.165, 1.54) is 6.21 Å². The summed E-state index contributed by atoms with van der Waals surface area (Å²) in [6, 6.07) is 10.0. The number of quaternary nitrogens is 1. The van der Waals surface area contributed by atoms with Crippen LogP contribution < -0.4 is 33.8 Å². The molecule has 0 saturated heterocycles. The Morgan fingerprint density at radius 3 is 2.69 bits per heavy atom. The molecule has 0 spiro atoms. The van der Waals surface area contributed by atoms with Gasteiger partial charge in [-0.25, -0.2) is 0 Å². The average molecular weight is 331 g/mol. The molecule has 1 aromatic carbocycles. The number of para-hydroxylation sites is 1. The second-order valence-electron chi connectivity index (χ2n) is 3.51. The molecule has 16 heavy (non-hydrogen) atoms. The third-order valence-electron chi connectivity index (χ3n) is 2.53. The lowest BCUT2D eigenvalue weighted by Crippen LogP contribution is -3.09. The van der Waals surface area contributed by atoms with Crippen LogP contribution in [-0.2, 0) is 0 Å². The van der Waals surface area contributed by atoms with Gasteiger partial charge in [-0.2, -0.15) is 0 Å². The van der Waals surface area contributed by atoms with Crippen LogP contribution in [0, 0.1) is 0 Å². The number of halogens is 1. The topological polar surface area (TPSA) is 40.3 Å². The highest BCUT2D eigenvalue weighted by atomic mass is 127. The van der Waals surface area contributed by atoms with Gasteiger partial charge in [0.2, 0.25) is 6.17 Å². The van der Waals surface area contributed by atoms with Crippen LogP contribution in [0.2, 0.25) is 0 Å². The van der Waals surface area contributed by atoms with Gasteiger partial charge in [0.1, 0.15) is 12.4 Å². The van der Waals surface area contributed by atoms with E-state index in [2.05, 4.69) is 10.1 Å². The lowest BCUT2D eigenvalue weighted by atomic mass is 10.3. The molecular weight excluding hydrogens is 317 g/mol. The van der Waals surface area contributed by atoms with Crippen molar-refractivity contribution < 1.29 is 34.1 Å². The first kappa shape index (κ1) is 13.0. The summed E-state index contributed by atoms with van der Waals surface area (Å²) in [4.78, 5) is 3.23. The van der Waals surface area contributed by atoms with Crippen LogP contribution in [0.3, 0.4) is 0 Å². The Hall–Kier alpha value is -1.08. The van der Waals surface area contributed by atoms with Crippen molar-refractivity contribution >= 4 is 11.9 Å². The number of hydrogen-bond acceptors (Lipinski definition) is 3. The molecule has 1 aliphatic heterocycles. The first-order valence-corrected chi connectivity index (χ1v) is 4.85. The first-order chi connectivity index (χ1) is 7.33. The molecule has 2 unspecified atom stereocenters. The van der Waals surface area contributed by atoms with Crippen LogP contribution in [0.5, 0.6) is 0 Å². The van der Waals surface area contributed by atoms with E-state index in [-0.39, 0.29) is 30.1 Å². The van der Waals surface area contributed by atoms with E-state index in [1.54, 1.807) is 0 Å². The third kappa shape index (κ3) is 2.53.